The van der Waals surface area contributed by atoms with Gasteiger partial charge in [0.25, 0.3) is 0 Å². The summed E-state index contributed by atoms with van der Waals surface area (Å²) >= 11 is 23.6. The molecular weight excluding hydrogens is 482 g/mol. The van der Waals surface area contributed by atoms with Gasteiger partial charge in [0.05, 0.1) is 13.1 Å². The van der Waals surface area contributed by atoms with E-state index in [-0.39, 0.29) is 38.6 Å². The summed E-state index contributed by atoms with van der Waals surface area (Å²) < 4.78 is 0. The third kappa shape index (κ3) is 6.28. The molecule has 0 saturated carbocycles. The van der Waals surface area contributed by atoms with Crippen molar-refractivity contribution in [2.45, 2.75) is 13.8 Å². The minimum absolute atomic E-state index is 0. The zero-order chi connectivity index (χ0) is 19.4. The summed E-state index contributed by atoms with van der Waals surface area (Å²) in [6, 6.07) is 5.85. The van der Waals surface area contributed by atoms with Gasteiger partial charge in [-0.15, -0.1) is 0 Å². The van der Waals surface area contributed by atoms with E-state index in [0.717, 1.165) is 0 Å². The van der Waals surface area contributed by atoms with Gasteiger partial charge in [-0.05, 0) is 49.2 Å². The standard InChI is InChI=1S/C18H16Cl4N2O2.Cu/c1-9(13-5-11(19)7-15(21)17(13)25)23-3-4-24-10(2)14-6-12(20)8-16(22)18(14)26;/h5-8,25-26H,3-4H2,1-2H3;/q;+2/p-2. The Kier molecular flexibility index (Phi) is 9.43. The Morgan fingerprint density at radius 3 is 1.41 bits per heavy atom. The molecule has 1 radical (unpaired) electrons. The molecule has 4 nitrogen and oxygen atoms in total. The maximum Gasteiger partial charge on any atom is 2.00 e. The fourth-order valence-corrected chi connectivity index (χ4v) is 3.25. The summed E-state index contributed by atoms with van der Waals surface area (Å²) in [5, 5.41) is 24.9. The van der Waals surface area contributed by atoms with Crippen molar-refractivity contribution in [3.63, 3.8) is 0 Å². The van der Waals surface area contributed by atoms with E-state index in [0.29, 0.717) is 45.7 Å². The molecule has 0 aliphatic rings. The molecule has 0 aromatic heterocycles. The number of hydrogen-bond donors (Lipinski definition) is 0. The van der Waals surface area contributed by atoms with E-state index < -0.39 is 0 Å². The Morgan fingerprint density at radius 1 is 0.741 bits per heavy atom. The van der Waals surface area contributed by atoms with Crippen molar-refractivity contribution in [1.82, 2.24) is 0 Å². The summed E-state index contributed by atoms with van der Waals surface area (Å²) in [7, 11) is 0. The molecule has 0 N–H and O–H groups in total. The predicted octanol–water partition coefficient (Wildman–Crippen LogP) is 4.76. The first-order valence-electron chi connectivity index (χ1n) is 7.55. The number of aliphatic imine (C=N–C) groups is 2. The number of nitrogens with zero attached hydrogens (tertiary/aromatic N) is 2. The third-order valence-electron chi connectivity index (χ3n) is 3.59. The fourth-order valence-electron chi connectivity index (χ4n) is 2.26. The van der Waals surface area contributed by atoms with Crippen LogP contribution in [0.4, 0.5) is 0 Å². The Morgan fingerprint density at radius 2 is 1.07 bits per heavy atom. The molecular formula is C18H14Cl4CuN2O2. The van der Waals surface area contributed by atoms with Crippen LogP contribution in [0.25, 0.3) is 0 Å². The zero-order valence-electron chi connectivity index (χ0n) is 14.2. The van der Waals surface area contributed by atoms with Crippen molar-refractivity contribution < 1.29 is 27.3 Å². The molecule has 2 aromatic rings. The van der Waals surface area contributed by atoms with Crippen molar-refractivity contribution in [1.29, 1.82) is 0 Å². The first-order chi connectivity index (χ1) is 12.2. The monoisotopic (exact) mass is 493 g/mol. The van der Waals surface area contributed by atoms with E-state index in [1.165, 1.54) is 24.3 Å². The van der Waals surface area contributed by atoms with E-state index in [4.69, 9.17) is 46.4 Å². The summed E-state index contributed by atoms with van der Waals surface area (Å²) in [5.41, 5.74) is 1.74. The molecule has 2 aromatic carbocycles. The van der Waals surface area contributed by atoms with E-state index >= 15 is 0 Å². The van der Waals surface area contributed by atoms with Gasteiger partial charge in [0.2, 0.25) is 0 Å². The van der Waals surface area contributed by atoms with Crippen LogP contribution in [-0.2, 0) is 17.1 Å². The third-order valence-corrected chi connectivity index (χ3v) is 4.59. The molecule has 0 fully saturated rings. The summed E-state index contributed by atoms with van der Waals surface area (Å²) in [5.74, 6) is -0.636. The molecule has 0 amide bonds. The van der Waals surface area contributed by atoms with Gasteiger partial charge in [0.1, 0.15) is 0 Å². The first-order valence-corrected chi connectivity index (χ1v) is 9.07. The molecule has 0 saturated heterocycles. The van der Waals surface area contributed by atoms with E-state index in [1.807, 2.05) is 0 Å². The largest absolute Gasteiger partial charge is 2.00 e. The average Bonchev–Trinajstić information content (AvgIpc) is 2.57. The Labute approximate surface area is 188 Å². The van der Waals surface area contributed by atoms with Gasteiger partial charge in [-0.1, -0.05) is 57.9 Å². The van der Waals surface area contributed by atoms with Crippen molar-refractivity contribution in [3.8, 4) is 11.5 Å². The van der Waals surface area contributed by atoms with Crippen LogP contribution in [0.5, 0.6) is 11.5 Å². The molecule has 0 aliphatic carbocycles. The predicted molar refractivity (Wildman–Crippen MR) is 106 cm³/mol. The maximum absolute atomic E-state index is 12.0. The van der Waals surface area contributed by atoms with E-state index in [9.17, 15) is 10.2 Å². The topological polar surface area (TPSA) is 70.8 Å². The van der Waals surface area contributed by atoms with E-state index in [1.54, 1.807) is 13.8 Å². The van der Waals surface area contributed by atoms with Crippen molar-refractivity contribution in [2.75, 3.05) is 13.1 Å². The van der Waals surface area contributed by atoms with Crippen LogP contribution >= 0.6 is 46.4 Å². The van der Waals surface area contributed by atoms with Gasteiger partial charge in [0, 0.05) is 31.5 Å². The Bertz CT molecular complexity index is 828. The minimum Gasteiger partial charge on any atom is -0.871 e. The average molecular weight is 496 g/mol. The van der Waals surface area contributed by atoms with Crippen LogP contribution in [0.3, 0.4) is 0 Å². The fraction of sp³-hybridized carbons (Fsp3) is 0.222. The zero-order valence-corrected chi connectivity index (χ0v) is 18.2. The molecule has 0 atom stereocenters. The van der Waals surface area contributed by atoms with Crippen LogP contribution in [0.1, 0.15) is 25.0 Å². The Hall–Kier alpha value is -0.941. The van der Waals surface area contributed by atoms with Gasteiger partial charge >= 0.3 is 17.1 Å². The molecule has 0 bridgehead atoms. The number of rotatable bonds is 5. The van der Waals surface area contributed by atoms with Gasteiger partial charge < -0.3 is 10.2 Å². The molecule has 0 aliphatic heterocycles. The molecule has 0 spiro atoms. The second kappa shape index (κ2) is 10.6. The Balaban J connectivity index is 0.00000364. The second-order valence-electron chi connectivity index (χ2n) is 5.46. The van der Waals surface area contributed by atoms with Gasteiger partial charge in [-0.25, -0.2) is 0 Å². The smallest absolute Gasteiger partial charge is 0.871 e. The van der Waals surface area contributed by atoms with Crippen molar-refractivity contribution >= 4 is 57.8 Å². The minimum atomic E-state index is -0.318. The van der Waals surface area contributed by atoms with Gasteiger partial charge in [-0.2, -0.15) is 0 Å². The number of hydrogen-bond acceptors (Lipinski definition) is 4. The van der Waals surface area contributed by atoms with Crippen molar-refractivity contribution in [3.05, 3.63) is 55.5 Å². The molecule has 2 rings (SSSR count). The SMILES string of the molecule is CC(=NCCN=C(C)c1cc(Cl)cc(Cl)c1[O-])c1cc(Cl)cc(Cl)c1[O-].[Cu+2]. The summed E-state index contributed by atoms with van der Waals surface area (Å²) in [6.07, 6.45) is 0. The molecule has 9 heteroatoms. The molecule has 147 valence electrons. The molecule has 0 heterocycles. The number of benzene rings is 2. The summed E-state index contributed by atoms with van der Waals surface area (Å²) in [4.78, 5) is 8.65. The molecule has 27 heavy (non-hydrogen) atoms. The number of halogens is 4. The maximum atomic E-state index is 12.0. The van der Waals surface area contributed by atoms with Crippen LogP contribution in [0.15, 0.2) is 34.3 Å². The van der Waals surface area contributed by atoms with Crippen molar-refractivity contribution in [2.24, 2.45) is 9.98 Å². The van der Waals surface area contributed by atoms with Gasteiger partial charge in [-0.3, -0.25) is 9.98 Å². The van der Waals surface area contributed by atoms with Gasteiger partial charge in [0.15, 0.2) is 0 Å². The van der Waals surface area contributed by atoms with Crippen LogP contribution < -0.4 is 10.2 Å². The van der Waals surface area contributed by atoms with Crippen LogP contribution in [0.2, 0.25) is 20.1 Å². The van der Waals surface area contributed by atoms with E-state index in [2.05, 4.69) is 9.98 Å². The van der Waals surface area contributed by atoms with Crippen LogP contribution in [0, 0.1) is 0 Å². The second-order valence-corrected chi connectivity index (χ2v) is 7.15. The van der Waals surface area contributed by atoms with Crippen LogP contribution in [-0.4, -0.2) is 24.5 Å². The normalized spacial score (nSPS) is 12.1. The quantitative estimate of drug-likeness (QED) is 0.341. The molecule has 0 unspecified atom stereocenters. The summed E-state index contributed by atoms with van der Waals surface area (Å²) in [6.45, 7) is 4.06. The first kappa shape index (κ1) is 24.1.